The number of para-hydroxylation sites is 2. The monoisotopic (exact) mass is 463 g/mol. The Hall–Kier alpha value is -2.99. The third kappa shape index (κ3) is 6.11. The van der Waals surface area contributed by atoms with Crippen LogP contribution in [0.1, 0.15) is 59.3 Å². The van der Waals surface area contributed by atoms with Crippen molar-refractivity contribution in [1.82, 2.24) is 14.5 Å². The van der Waals surface area contributed by atoms with Crippen LogP contribution in [0.25, 0.3) is 16.6 Å². The van der Waals surface area contributed by atoms with Crippen LogP contribution >= 0.6 is 0 Å². The van der Waals surface area contributed by atoms with Crippen molar-refractivity contribution in [3.63, 3.8) is 0 Å². The summed E-state index contributed by atoms with van der Waals surface area (Å²) in [6.07, 6.45) is 1.39. The minimum Gasteiger partial charge on any atom is -0.383 e. The van der Waals surface area contributed by atoms with Gasteiger partial charge in [0.15, 0.2) is 0 Å². The Kier molecular flexibility index (Phi) is 8.26. The van der Waals surface area contributed by atoms with Crippen LogP contribution in [0, 0.1) is 11.3 Å². The molecule has 6 nitrogen and oxygen atoms in total. The van der Waals surface area contributed by atoms with Crippen molar-refractivity contribution in [3.8, 4) is 5.69 Å². The molecule has 0 spiro atoms. The first-order valence-corrected chi connectivity index (χ1v) is 12.0. The molecule has 0 aliphatic rings. The normalized spacial score (nSPS) is 13.6. The van der Waals surface area contributed by atoms with E-state index in [9.17, 15) is 9.59 Å². The fourth-order valence-electron chi connectivity index (χ4n) is 4.65. The van der Waals surface area contributed by atoms with Crippen LogP contribution in [0.2, 0.25) is 0 Å². The largest absolute Gasteiger partial charge is 0.383 e. The number of carbonyl (C=O) groups excluding carboxylic acids is 1. The summed E-state index contributed by atoms with van der Waals surface area (Å²) in [5, 5.41) is 0.552. The average molecular weight is 464 g/mol. The zero-order valence-electron chi connectivity index (χ0n) is 21.2. The lowest BCUT2D eigenvalue weighted by molar-refractivity contribution is -0.135. The van der Waals surface area contributed by atoms with Gasteiger partial charge in [-0.2, -0.15) is 0 Å². The van der Waals surface area contributed by atoms with Crippen LogP contribution in [0.3, 0.4) is 0 Å². The van der Waals surface area contributed by atoms with E-state index < -0.39 is 6.04 Å². The van der Waals surface area contributed by atoms with Gasteiger partial charge in [-0.15, -0.1) is 0 Å². The SMILES string of the molecule is COCCN(C(=O)CC(C)CC(C)(C)C)C(C)c1nc2ccccc2c(=O)n1-c1ccccc1. The molecule has 0 N–H and O–H groups in total. The Balaban J connectivity index is 2.07. The van der Waals surface area contributed by atoms with Gasteiger partial charge in [0, 0.05) is 20.1 Å². The van der Waals surface area contributed by atoms with Gasteiger partial charge in [-0.3, -0.25) is 14.2 Å². The molecule has 182 valence electrons. The highest BCUT2D eigenvalue weighted by Crippen LogP contribution is 2.28. The number of rotatable bonds is 9. The van der Waals surface area contributed by atoms with Crippen LogP contribution in [0.5, 0.6) is 0 Å². The van der Waals surface area contributed by atoms with Crippen molar-refractivity contribution < 1.29 is 9.53 Å². The molecule has 0 saturated heterocycles. The molecule has 2 aromatic carbocycles. The van der Waals surface area contributed by atoms with Crippen LogP contribution in [0.4, 0.5) is 0 Å². The Bertz CT molecular complexity index is 1160. The van der Waals surface area contributed by atoms with Gasteiger partial charge < -0.3 is 9.64 Å². The van der Waals surface area contributed by atoms with Crippen molar-refractivity contribution in [2.75, 3.05) is 20.3 Å². The van der Waals surface area contributed by atoms with Gasteiger partial charge >= 0.3 is 0 Å². The van der Waals surface area contributed by atoms with E-state index >= 15 is 0 Å². The maximum atomic E-state index is 13.6. The summed E-state index contributed by atoms with van der Waals surface area (Å²) in [5.74, 6) is 0.830. The number of carbonyl (C=O) groups is 1. The second kappa shape index (κ2) is 11.0. The smallest absolute Gasteiger partial charge is 0.266 e. The number of aromatic nitrogens is 2. The number of hydrogen-bond donors (Lipinski definition) is 0. The van der Waals surface area contributed by atoms with Crippen molar-refractivity contribution in [2.45, 2.75) is 53.5 Å². The van der Waals surface area contributed by atoms with Gasteiger partial charge in [0.1, 0.15) is 5.82 Å². The molecule has 0 radical (unpaired) electrons. The van der Waals surface area contributed by atoms with Crippen molar-refractivity contribution in [3.05, 3.63) is 70.8 Å². The number of benzene rings is 2. The lowest BCUT2D eigenvalue weighted by atomic mass is 9.84. The van der Waals surface area contributed by atoms with Crippen molar-refractivity contribution >= 4 is 16.8 Å². The van der Waals surface area contributed by atoms with E-state index in [1.807, 2.05) is 55.5 Å². The third-order valence-electron chi connectivity index (χ3n) is 6.00. The maximum absolute atomic E-state index is 13.6. The standard InChI is InChI=1S/C28H37N3O3/c1-20(19-28(3,4)5)18-25(32)30(16-17-34-6)21(2)26-29-24-15-11-10-14-23(24)27(33)31(26)22-12-8-7-9-13-22/h7-15,20-21H,16-19H2,1-6H3. The third-order valence-corrected chi connectivity index (χ3v) is 6.00. The lowest BCUT2D eigenvalue weighted by Crippen LogP contribution is -2.40. The summed E-state index contributed by atoms with van der Waals surface area (Å²) in [6, 6.07) is 16.4. The van der Waals surface area contributed by atoms with Gasteiger partial charge in [-0.1, -0.05) is 58.0 Å². The van der Waals surface area contributed by atoms with Gasteiger partial charge in [0.25, 0.3) is 5.56 Å². The number of amides is 1. The van der Waals surface area contributed by atoms with Gasteiger partial charge in [0.2, 0.25) is 5.91 Å². The first-order chi connectivity index (χ1) is 16.1. The lowest BCUT2D eigenvalue weighted by Gasteiger charge is -2.32. The molecule has 0 bridgehead atoms. The Morgan fingerprint density at radius 1 is 1.06 bits per heavy atom. The molecule has 2 unspecified atom stereocenters. The summed E-state index contributed by atoms with van der Waals surface area (Å²) in [4.78, 5) is 33.8. The highest BCUT2D eigenvalue weighted by molar-refractivity contribution is 5.79. The number of nitrogens with zero attached hydrogens (tertiary/aromatic N) is 3. The Morgan fingerprint density at radius 3 is 2.35 bits per heavy atom. The first-order valence-electron chi connectivity index (χ1n) is 12.0. The highest BCUT2D eigenvalue weighted by atomic mass is 16.5. The van der Waals surface area contributed by atoms with E-state index in [-0.39, 0.29) is 22.8 Å². The van der Waals surface area contributed by atoms with Crippen LogP contribution in [0.15, 0.2) is 59.4 Å². The molecule has 3 aromatic rings. The molecule has 1 amide bonds. The molecule has 0 aliphatic heterocycles. The topological polar surface area (TPSA) is 64.4 Å². The second-order valence-corrected chi connectivity index (χ2v) is 10.3. The Morgan fingerprint density at radius 2 is 1.71 bits per heavy atom. The van der Waals surface area contributed by atoms with Crippen LogP contribution in [-0.4, -0.2) is 40.6 Å². The molecular weight excluding hydrogens is 426 g/mol. The fraction of sp³-hybridized carbons (Fsp3) is 0.464. The predicted octanol–water partition coefficient (Wildman–Crippen LogP) is 5.38. The molecule has 3 rings (SSSR count). The predicted molar refractivity (Wildman–Crippen MR) is 137 cm³/mol. The number of methoxy groups -OCH3 is 1. The van der Waals surface area contributed by atoms with Gasteiger partial charge in [-0.05, 0) is 48.9 Å². The van der Waals surface area contributed by atoms with Crippen LogP contribution in [-0.2, 0) is 9.53 Å². The molecule has 1 aromatic heterocycles. The molecule has 34 heavy (non-hydrogen) atoms. The minimum atomic E-state index is -0.415. The summed E-state index contributed by atoms with van der Waals surface area (Å²) in [6.45, 7) is 11.5. The van der Waals surface area contributed by atoms with E-state index in [0.29, 0.717) is 36.3 Å². The maximum Gasteiger partial charge on any atom is 0.266 e. The van der Waals surface area contributed by atoms with Crippen molar-refractivity contribution in [1.29, 1.82) is 0 Å². The molecule has 0 saturated carbocycles. The van der Waals surface area contributed by atoms with Crippen molar-refractivity contribution in [2.24, 2.45) is 11.3 Å². The second-order valence-electron chi connectivity index (χ2n) is 10.3. The van der Waals surface area contributed by atoms with Gasteiger partial charge in [0.05, 0.1) is 29.2 Å². The molecular formula is C28H37N3O3. The van der Waals surface area contributed by atoms with E-state index in [1.54, 1.807) is 22.6 Å². The summed E-state index contributed by atoms with van der Waals surface area (Å²) >= 11 is 0. The quantitative estimate of drug-likeness (QED) is 0.427. The Labute approximate surface area is 202 Å². The van der Waals surface area contributed by atoms with E-state index in [0.717, 1.165) is 12.1 Å². The average Bonchev–Trinajstić information content (AvgIpc) is 2.78. The summed E-state index contributed by atoms with van der Waals surface area (Å²) < 4.78 is 6.96. The molecule has 1 heterocycles. The zero-order valence-corrected chi connectivity index (χ0v) is 21.2. The number of hydrogen-bond acceptors (Lipinski definition) is 4. The zero-order chi connectivity index (χ0) is 24.9. The summed E-state index contributed by atoms with van der Waals surface area (Å²) in [7, 11) is 1.63. The van der Waals surface area contributed by atoms with Crippen LogP contribution < -0.4 is 5.56 Å². The number of fused-ring (bicyclic) bond motifs is 1. The minimum absolute atomic E-state index is 0.0447. The molecule has 2 atom stereocenters. The molecule has 0 fully saturated rings. The molecule has 0 aliphatic carbocycles. The highest BCUT2D eigenvalue weighted by Gasteiger charge is 2.28. The number of ether oxygens (including phenoxy) is 1. The molecule has 6 heteroatoms. The van der Waals surface area contributed by atoms with Gasteiger partial charge in [-0.25, -0.2) is 4.98 Å². The fourth-order valence-corrected chi connectivity index (χ4v) is 4.65. The van der Waals surface area contributed by atoms with E-state index in [1.165, 1.54) is 0 Å². The first kappa shape index (κ1) is 25.6. The summed E-state index contributed by atoms with van der Waals surface area (Å²) in [5.41, 5.74) is 1.37. The van der Waals surface area contributed by atoms with E-state index in [2.05, 4.69) is 27.7 Å². The van der Waals surface area contributed by atoms with E-state index in [4.69, 9.17) is 9.72 Å².